The molecule has 0 fully saturated rings. The molecule has 2 aromatic rings. The quantitative estimate of drug-likeness (QED) is 0.559. The zero-order valence-corrected chi connectivity index (χ0v) is 21.1. The summed E-state index contributed by atoms with van der Waals surface area (Å²) in [5.74, 6) is 0.515. The van der Waals surface area contributed by atoms with Crippen molar-refractivity contribution in [3.8, 4) is 0 Å². The predicted octanol–water partition coefficient (Wildman–Crippen LogP) is 4.97. The molecule has 5 heteroatoms. The summed E-state index contributed by atoms with van der Waals surface area (Å²) >= 11 is 0. The number of carbonyl (C=O) groups excluding carboxylic acids is 1. The summed E-state index contributed by atoms with van der Waals surface area (Å²) in [6.07, 6.45) is -0.376. The summed E-state index contributed by atoms with van der Waals surface area (Å²) in [7, 11) is -2.64. The molecular weight excluding hydrogens is 402 g/mol. The Morgan fingerprint density at radius 3 is 1.74 bits per heavy atom. The third kappa shape index (κ3) is 6.44. The van der Waals surface area contributed by atoms with Crippen molar-refractivity contribution in [2.45, 2.75) is 59.5 Å². The highest BCUT2D eigenvalue weighted by atomic mass is 28.4. The number of rotatable bonds is 9. The standard InChI is InChI=1S/C26H39NO3Si/c1-20(2)18-29-25(28)27-24(21(3)4)19-30-31(26(5,6)7,22-14-10-8-11-15-22)23-16-12-9-13-17-23/h8-17,20-21,24H,18-19H2,1-7H3,(H,27,28). The molecule has 2 aromatic carbocycles. The highest BCUT2D eigenvalue weighted by Gasteiger charge is 2.50. The highest BCUT2D eigenvalue weighted by molar-refractivity contribution is 6.99. The maximum Gasteiger partial charge on any atom is 0.407 e. The van der Waals surface area contributed by atoms with E-state index in [0.29, 0.717) is 19.1 Å². The lowest BCUT2D eigenvalue weighted by atomic mass is 10.1. The first-order chi connectivity index (χ1) is 14.6. The Bertz CT molecular complexity index is 761. The molecule has 0 saturated carbocycles. The molecule has 0 aliphatic rings. The monoisotopic (exact) mass is 441 g/mol. The van der Waals surface area contributed by atoms with Gasteiger partial charge < -0.3 is 14.5 Å². The number of ether oxygens (including phenoxy) is 1. The second-order valence-corrected chi connectivity index (χ2v) is 14.3. The second kappa shape index (κ2) is 11.0. The molecule has 1 unspecified atom stereocenters. The lowest BCUT2D eigenvalue weighted by molar-refractivity contribution is 0.119. The zero-order chi connectivity index (χ0) is 23.1. The Morgan fingerprint density at radius 1 is 0.871 bits per heavy atom. The molecule has 0 bridgehead atoms. The topological polar surface area (TPSA) is 47.6 Å². The Balaban J connectivity index is 2.38. The molecule has 0 spiro atoms. The van der Waals surface area contributed by atoms with Crippen LogP contribution >= 0.6 is 0 Å². The Hall–Kier alpha value is -2.11. The van der Waals surface area contributed by atoms with Crippen molar-refractivity contribution in [2.24, 2.45) is 11.8 Å². The fraction of sp³-hybridized carbons (Fsp3) is 0.500. The van der Waals surface area contributed by atoms with Crippen molar-refractivity contribution in [1.82, 2.24) is 5.32 Å². The maximum absolute atomic E-state index is 12.3. The van der Waals surface area contributed by atoms with E-state index in [4.69, 9.17) is 9.16 Å². The van der Waals surface area contributed by atoms with Gasteiger partial charge in [-0.1, -0.05) is 109 Å². The average molecular weight is 442 g/mol. The van der Waals surface area contributed by atoms with Gasteiger partial charge >= 0.3 is 6.09 Å². The van der Waals surface area contributed by atoms with E-state index in [1.165, 1.54) is 10.4 Å². The van der Waals surface area contributed by atoms with Crippen molar-refractivity contribution >= 4 is 24.8 Å². The van der Waals surface area contributed by atoms with Gasteiger partial charge in [-0.05, 0) is 27.2 Å². The molecule has 4 nitrogen and oxygen atoms in total. The third-order valence-corrected chi connectivity index (χ3v) is 10.6. The lowest BCUT2D eigenvalue weighted by Gasteiger charge is -2.44. The van der Waals surface area contributed by atoms with Crippen LogP contribution in [0.15, 0.2) is 60.7 Å². The van der Waals surface area contributed by atoms with E-state index in [1.54, 1.807) is 0 Å². The molecule has 1 N–H and O–H groups in total. The van der Waals surface area contributed by atoms with Crippen LogP contribution in [0.25, 0.3) is 0 Å². The second-order valence-electron chi connectivity index (χ2n) is 9.96. The molecule has 0 aliphatic carbocycles. The van der Waals surface area contributed by atoms with Gasteiger partial charge in [-0.25, -0.2) is 4.79 Å². The first-order valence-corrected chi connectivity index (χ1v) is 13.2. The third-order valence-electron chi connectivity index (χ3n) is 5.55. The summed E-state index contributed by atoms with van der Waals surface area (Å²) in [4.78, 5) is 12.3. The SMILES string of the molecule is CC(C)COC(=O)NC(CO[Si](c1ccccc1)(c1ccccc1)C(C)(C)C)C(C)C. The van der Waals surface area contributed by atoms with Gasteiger partial charge in [0.2, 0.25) is 0 Å². The molecule has 31 heavy (non-hydrogen) atoms. The van der Waals surface area contributed by atoms with Crippen LogP contribution in [-0.2, 0) is 9.16 Å². The molecule has 0 aromatic heterocycles. The van der Waals surface area contributed by atoms with Gasteiger partial charge in [0, 0.05) is 0 Å². The van der Waals surface area contributed by atoms with E-state index in [1.807, 2.05) is 26.0 Å². The van der Waals surface area contributed by atoms with Crippen molar-refractivity contribution in [3.63, 3.8) is 0 Å². The van der Waals surface area contributed by atoms with E-state index < -0.39 is 8.32 Å². The summed E-state index contributed by atoms with van der Waals surface area (Å²) < 4.78 is 12.3. The van der Waals surface area contributed by atoms with Gasteiger partial charge in [0.15, 0.2) is 0 Å². The minimum absolute atomic E-state index is 0.102. The number of benzene rings is 2. The van der Waals surface area contributed by atoms with Crippen molar-refractivity contribution < 1.29 is 14.0 Å². The van der Waals surface area contributed by atoms with E-state index in [0.717, 1.165) is 0 Å². The van der Waals surface area contributed by atoms with Crippen molar-refractivity contribution in [3.05, 3.63) is 60.7 Å². The van der Waals surface area contributed by atoms with Gasteiger partial charge in [0.1, 0.15) is 0 Å². The number of alkyl carbamates (subject to hydrolysis) is 1. The molecule has 0 aliphatic heterocycles. The average Bonchev–Trinajstić information content (AvgIpc) is 2.72. The van der Waals surface area contributed by atoms with Gasteiger partial charge in [0.05, 0.1) is 19.3 Å². The molecule has 1 atom stereocenters. The molecular formula is C26H39NO3Si. The molecule has 2 rings (SSSR count). The fourth-order valence-corrected chi connectivity index (χ4v) is 8.40. The summed E-state index contributed by atoms with van der Waals surface area (Å²) in [5.41, 5.74) is 0. The van der Waals surface area contributed by atoms with E-state index in [2.05, 4.69) is 88.5 Å². The lowest BCUT2D eigenvalue weighted by Crippen LogP contribution is -2.67. The van der Waals surface area contributed by atoms with Crippen LogP contribution in [0.2, 0.25) is 5.04 Å². The van der Waals surface area contributed by atoms with Crippen LogP contribution in [0.4, 0.5) is 4.79 Å². The van der Waals surface area contributed by atoms with Gasteiger partial charge in [-0.15, -0.1) is 0 Å². The Morgan fingerprint density at radius 2 is 1.35 bits per heavy atom. The number of hydrogen-bond donors (Lipinski definition) is 1. The summed E-state index contributed by atoms with van der Waals surface area (Å²) in [6, 6.07) is 21.0. The van der Waals surface area contributed by atoms with Crippen molar-refractivity contribution in [1.29, 1.82) is 0 Å². The molecule has 0 saturated heterocycles. The first kappa shape index (κ1) is 25.2. The number of amides is 1. The van der Waals surface area contributed by atoms with Crippen LogP contribution in [0, 0.1) is 11.8 Å². The van der Waals surface area contributed by atoms with Crippen LogP contribution in [0.1, 0.15) is 48.5 Å². The molecule has 0 heterocycles. The van der Waals surface area contributed by atoms with Crippen LogP contribution < -0.4 is 15.7 Å². The predicted molar refractivity (Wildman–Crippen MR) is 132 cm³/mol. The van der Waals surface area contributed by atoms with E-state index in [-0.39, 0.29) is 23.1 Å². The van der Waals surface area contributed by atoms with Crippen LogP contribution in [0.5, 0.6) is 0 Å². The van der Waals surface area contributed by atoms with Crippen LogP contribution in [0.3, 0.4) is 0 Å². The largest absolute Gasteiger partial charge is 0.449 e. The van der Waals surface area contributed by atoms with E-state index in [9.17, 15) is 4.79 Å². The maximum atomic E-state index is 12.3. The minimum atomic E-state index is -2.64. The molecule has 170 valence electrons. The molecule has 1 amide bonds. The number of carbonyl (C=O) groups is 1. The Labute approximate surface area is 189 Å². The Kier molecular flexibility index (Phi) is 8.89. The first-order valence-electron chi connectivity index (χ1n) is 11.3. The smallest absolute Gasteiger partial charge is 0.407 e. The minimum Gasteiger partial charge on any atom is -0.449 e. The van der Waals surface area contributed by atoms with Crippen molar-refractivity contribution in [2.75, 3.05) is 13.2 Å². The summed E-state index contributed by atoms with van der Waals surface area (Å²) in [5, 5.41) is 5.40. The number of hydrogen-bond acceptors (Lipinski definition) is 3. The fourth-order valence-electron chi connectivity index (χ4n) is 3.81. The normalized spacial score (nSPS) is 13.3. The van der Waals surface area contributed by atoms with Gasteiger partial charge in [-0.3, -0.25) is 0 Å². The number of nitrogens with one attached hydrogen (secondary N) is 1. The van der Waals surface area contributed by atoms with Gasteiger partial charge in [-0.2, -0.15) is 0 Å². The van der Waals surface area contributed by atoms with Gasteiger partial charge in [0.25, 0.3) is 8.32 Å². The molecule has 0 radical (unpaired) electrons. The summed E-state index contributed by atoms with van der Waals surface area (Å²) in [6.45, 7) is 15.9. The zero-order valence-electron chi connectivity index (χ0n) is 20.1. The van der Waals surface area contributed by atoms with Crippen LogP contribution in [-0.4, -0.2) is 33.7 Å². The highest BCUT2D eigenvalue weighted by Crippen LogP contribution is 2.37. The van der Waals surface area contributed by atoms with E-state index >= 15 is 0 Å².